The van der Waals surface area contributed by atoms with Gasteiger partial charge in [0.05, 0.1) is 6.10 Å². The maximum atomic E-state index is 5.59. The molecule has 122 valence electrons. The first-order chi connectivity index (χ1) is 10.3. The van der Waals surface area contributed by atoms with Crippen molar-refractivity contribution < 1.29 is 14.2 Å². The van der Waals surface area contributed by atoms with E-state index in [-0.39, 0.29) is 24.0 Å². The number of hydrogen-bond acceptors (Lipinski definition) is 4. The fraction of sp³-hybridized carbons (Fsp3) is 0.533. The van der Waals surface area contributed by atoms with Crippen molar-refractivity contribution in [2.75, 3.05) is 27.0 Å². The third kappa shape index (κ3) is 4.39. The van der Waals surface area contributed by atoms with Gasteiger partial charge < -0.3 is 24.8 Å². The van der Waals surface area contributed by atoms with Crippen molar-refractivity contribution in [3.05, 3.63) is 23.8 Å². The Kier molecular flexibility index (Phi) is 6.56. The van der Waals surface area contributed by atoms with Gasteiger partial charge in [0.2, 0.25) is 6.79 Å². The van der Waals surface area contributed by atoms with Gasteiger partial charge in [0.1, 0.15) is 0 Å². The zero-order valence-electron chi connectivity index (χ0n) is 12.6. The monoisotopic (exact) mass is 419 g/mol. The third-order valence-corrected chi connectivity index (χ3v) is 3.64. The molecule has 7 heteroatoms. The Labute approximate surface area is 147 Å². The summed E-state index contributed by atoms with van der Waals surface area (Å²) < 4.78 is 16.3. The maximum Gasteiger partial charge on any atom is 0.231 e. The number of guanidine groups is 1. The first-order valence-electron chi connectivity index (χ1n) is 7.30. The van der Waals surface area contributed by atoms with Crippen molar-refractivity contribution in [1.82, 2.24) is 10.6 Å². The van der Waals surface area contributed by atoms with Crippen molar-refractivity contribution in [1.29, 1.82) is 0 Å². The molecule has 3 rings (SSSR count). The van der Waals surface area contributed by atoms with Crippen LogP contribution in [0.1, 0.15) is 18.4 Å². The molecule has 2 aliphatic heterocycles. The largest absolute Gasteiger partial charge is 0.454 e. The highest BCUT2D eigenvalue weighted by atomic mass is 127. The molecule has 1 fully saturated rings. The van der Waals surface area contributed by atoms with E-state index in [1.807, 2.05) is 18.2 Å². The van der Waals surface area contributed by atoms with Crippen molar-refractivity contribution in [3.8, 4) is 11.5 Å². The summed E-state index contributed by atoms with van der Waals surface area (Å²) in [5.41, 5.74) is 1.12. The topological polar surface area (TPSA) is 64.1 Å². The Bertz CT molecular complexity index is 519. The van der Waals surface area contributed by atoms with Crippen molar-refractivity contribution in [2.45, 2.75) is 25.5 Å². The van der Waals surface area contributed by atoms with Gasteiger partial charge in [-0.1, -0.05) is 6.07 Å². The van der Waals surface area contributed by atoms with E-state index in [2.05, 4.69) is 15.6 Å². The number of ether oxygens (including phenoxy) is 3. The number of halogens is 1. The number of nitrogens with zero attached hydrogens (tertiary/aromatic N) is 1. The normalized spacial score (nSPS) is 19.7. The molecule has 6 nitrogen and oxygen atoms in total. The van der Waals surface area contributed by atoms with E-state index in [0.717, 1.165) is 49.0 Å². The molecule has 0 aliphatic carbocycles. The van der Waals surface area contributed by atoms with Crippen LogP contribution in [0.5, 0.6) is 11.5 Å². The second-order valence-electron chi connectivity index (χ2n) is 5.13. The minimum Gasteiger partial charge on any atom is -0.454 e. The zero-order chi connectivity index (χ0) is 14.5. The van der Waals surface area contributed by atoms with E-state index in [1.165, 1.54) is 0 Å². The Balaban J connectivity index is 0.00000176. The van der Waals surface area contributed by atoms with Gasteiger partial charge in [0, 0.05) is 26.7 Å². The SMILES string of the molecule is CN=C(NCc1ccc2c(c1)OCO2)NCC1CCCO1.I. The van der Waals surface area contributed by atoms with E-state index >= 15 is 0 Å². The van der Waals surface area contributed by atoms with E-state index in [9.17, 15) is 0 Å². The van der Waals surface area contributed by atoms with Crippen LogP contribution >= 0.6 is 24.0 Å². The predicted octanol–water partition coefficient (Wildman–Crippen LogP) is 1.88. The standard InChI is InChI=1S/C15H21N3O3.HI/c1-16-15(18-9-12-3-2-6-19-12)17-8-11-4-5-13-14(7-11)21-10-20-13;/h4-5,7,12H,2-3,6,8-10H2,1H3,(H2,16,17,18);1H. The molecule has 0 saturated carbocycles. The van der Waals surface area contributed by atoms with Crippen LogP contribution < -0.4 is 20.1 Å². The van der Waals surface area contributed by atoms with Crippen LogP contribution in [-0.2, 0) is 11.3 Å². The molecule has 2 aliphatic rings. The van der Waals surface area contributed by atoms with Gasteiger partial charge in [-0.15, -0.1) is 24.0 Å². The molecule has 0 radical (unpaired) electrons. The summed E-state index contributed by atoms with van der Waals surface area (Å²) in [7, 11) is 1.77. The zero-order valence-corrected chi connectivity index (χ0v) is 15.0. The highest BCUT2D eigenvalue weighted by molar-refractivity contribution is 14.0. The number of aliphatic imine (C=N–C) groups is 1. The van der Waals surface area contributed by atoms with Gasteiger partial charge >= 0.3 is 0 Å². The molecule has 2 heterocycles. The van der Waals surface area contributed by atoms with Gasteiger partial charge in [0.15, 0.2) is 17.5 Å². The smallest absolute Gasteiger partial charge is 0.231 e. The predicted molar refractivity (Wildman–Crippen MR) is 95.2 cm³/mol. The number of nitrogens with one attached hydrogen (secondary N) is 2. The number of benzene rings is 1. The summed E-state index contributed by atoms with van der Waals surface area (Å²) in [6.07, 6.45) is 2.57. The van der Waals surface area contributed by atoms with Gasteiger partial charge in [-0.25, -0.2) is 0 Å². The van der Waals surface area contributed by atoms with E-state index in [4.69, 9.17) is 14.2 Å². The Hall–Kier alpha value is -1.22. The lowest BCUT2D eigenvalue weighted by molar-refractivity contribution is 0.114. The van der Waals surface area contributed by atoms with Gasteiger partial charge in [-0.2, -0.15) is 0 Å². The average molecular weight is 419 g/mol. The van der Waals surface area contributed by atoms with Crippen LogP contribution in [0.3, 0.4) is 0 Å². The van der Waals surface area contributed by atoms with E-state index in [0.29, 0.717) is 19.4 Å². The minimum atomic E-state index is 0. The molecule has 1 atom stereocenters. The molecule has 2 N–H and O–H groups in total. The average Bonchev–Trinajstić information content (AvgIpc) is 3.18. The summed E-state index contributed by atoms with van der Waals surface area (Å²) in [6.45, 7) is 2.65. The lowest BCUT2D eigenvalue weighted by Gasteiger charge is -2.15. The summed E-state index contributed by atoms with van der Waals surface area (Å²) in [6, 6.07) is 5.94. The molecule has 0 aromatic heterocycles. The highest BCUT2D eigenvalue weighted by Crippen LogP contribution is 2.32. The molecule has 1 aromatic rings. The number of fused-ring (bicyclic) bond motifs is 1. The quantitative estimate of drug-likeness (QED) is 0.444. The first-order valence-corrected chi connectivity index (χ1v) is 7.30. The fourth-order valence-electron chi connectivity index (χ4n) is 2.47. The molecule has 0 amide bonds. The van der Waals surface area contributed by atoms with Crippen LogP contribution in [-0.4, -0.2) is 39.1 Å². The number of hydrogen-bond donors (Lipinski definition) is 2. The molecule has 0 spiro atoms. The first kappa shape index (κ1) is 17.1. The lowest BCUT2D eigenvalue weighted by atomic mass is 10.2. The van der Waals surface area contributed by atoms with E-state index < -0.39 is 0 Å². The van der Waals surface area contributed by atoms with Crippen LogP contribution in [0, 0.1) is 0 Å². The fourth-order valence-corrected chi connectivity index (χ4v) is 2.47. The minimum absolute atomic E-state index is 0. The molecular weight excluding hydrogens is 397 g/mol. The van der Waals surface area contributed by atoms with Crippen molar-refractivity contribution in [3.63, 3.8) is 0 Å². The van der Waals surface area contributed by atoms with Crippen LogP contribution in [0.2, 0.25) is 0 Å². The van der Waals surface area contributed by atoms with Crippen molar-refractivity contribution >= 4 is 29.9 Å². The molecule has 1 unspecified atom stereocenters. The highest BCUT2D eigenvalue weighted by Gasteiger charge is 2.16. The molecular formula is C15H22IN3O3. The van der Waals surface area contributed by atoms with Gasteiger partial charge in [-0.3, -0.25) is 4.99 Å². The second kappa shape index (κ2) is 8.42. The molecule has 0 bridgehead atoms. The lowest BCUT2D eigenvalue weighted by Crippen LogP contribution is -2.40. The molecule has 1 aromatic carbocycles. The summed E-state index contributed by atoms with van der Waals surface area (Å²) in [5, 5.41) is 6.58. The van der Waals surface area contributed by atoms with Gasteiger partial charge in [-0.05, 0) is 30.5 Å². The summed E-state index contributed by atoms with van der Waals surface area (Å²) in [4.78, 5) is 4.22. The third-order valence-electron chi connectivity index (χ3n) is 3.64. The molecule has 22 heavy (non-hydrogen) atoms. The van der Waals surface area contributed by atoms with Gasteiger partial charge in [0.25, 0.3) is 0 Å². The van der Waals surface area contributed by atoms with Crippen molar-refractivity contribution in [2.24, 2.45) is 4.99 Å². The number of rotatable bonds is 4. The van der Waals surface area contributed by atoms with Crippen LogP contribution in [0.15, 0.2) is 23.2 Å². The summed E-state index contributed by atoms with van der Waals surface area (Å²) >= 11 is 0. The Morgan fingerprint density at radius 2 is 2.14 bits per heavy atom. The maximum absolute atomic E-state index is 5.59. The second-order valence-corrected chi connectivity index (χ2v) is 5.13. The summed E-state index contributed by atoms with van der Waals surface area (Å²) in [5.74, 6) is 2.39. The van der Waals surface area contributed by atoms with E-state index in [1.54, 1.807) is 7.05 Å². The molecule has 1 saturated heterocycles. The Morgan fingerprint density at radius 1 is 1.27 bits per heavy atom. The van der Waals surface area contributed by atoms with Crippen LogP contribution in [0.4, 0.5) is 0 Å². The Morgan fingerprint density at radius 3 is 2.91 bits per heavy atom. The van der Waals surface area contributed by atoms with Crippen LogP contribution in [0.25, 0.3) is 0 Å².